The number of ether oxygens (including phenoxy) is 1. The molecule has 0 bridgehead atoms. The van der Waals surface area contributed by atoms with Crippen LogP contribution in [0.3, 0.4) is 0 Å². The zero-order chi connectivity index (χ0) is 13.1. The van der Waals surface area contributed by atoms with Crippen LogP contribution in [0, 0.1) is 6.92 Å². The molecular weight excluding hydrogens is 314 g/mol. The molecule has 0 amide bonds. The molecule has 92 valence electrons. The van der Waals surface area contributed by atoms with Crippen molar-refractivity contribution in [2.24, 2.45) is 5.73 Å². The van der Waals surface area contributed by atoms with E-state index in [0.717, 1.165) is 10.0 Å². The summed E-state index contributed by atoms with van der Waals surface area (Å²) in [5.74, 6) is 0.938. The third-order valence-electron chi connectivity index (χ3n) is 2.25. The molecule has 4 nitrogen and oxygen atoms in total. The van der Waals surface area contributed by atoms with E-state index in [-0.39, 0.29) is 4.99 Å². The first-order valence-corrected chi connectivity index (χ1v) is 6.33. The van der Waals surface area contributed by atoms with Crippen LogP contribution >= 0.6 is 28.1 Å². The highest BCUT2D eigenvalue weighted by Crippen LogP contribution is 2.30. The molecule has 0 spiro atoms. The summed E-state index contributed by atoms with van der Waals surface area (Å²) in [5.41, 5.74) is 7.29. The lowest BCUT2D eigenvalue weighted by molar-refractivity contribution is 0.451. The van der Waals surface area contributed by atoms with Crippen molar-refractivity contribution >= 4 is 33.1 Å². The van der Waals surface area contributed by atoms with Crippen molar-refractivity contribution in [3.8, 4) is 11.6 Å². The van der Waals surface area contributed by atoms with Crippen LogP contribution in [0.2, 0.25) is 0 Å². The Balaban J connectivity index is 2.37. The fourth-order valence-corrected chi connectivity index (χ4v) is 2.10. The third-order valence-corrected chi connectivity index (χ3v) is 3.09. The molecule has 6 heteroatoms. The maximum absolute atomic E-state index is 5.67. The van der Waals surface area contributed by atoms with Crippen LogP contribution in [0.5, 0.6) is 11.6 Å². The average molecular weight is 324 g/mol. The molecule has 0 aliphatic rings. The summed E-state index contributed by atoms with van der Waals surface area (Å²) in [6.07, 6.45) is 1.52. The van der Waals surface area contributed by atoms with Crippen LogP contribution < -0.4 is 10.5 Å². The molecule has 0 unspecified atom stereocenters. The van der Waals surface area contributed by atoms with Gasteiger partial charge in [-0.15, -0.1) is 5.10 Å². The van der Waals surface area contributed by atoms with Crippen LogP contribution in [0.4, 0.5) is 0 Å². The predicted octanol–water partition coefficient (Wildman–Crippen LogP) is 2.97. The molecule has 1 aromatic carbocycles. The first-order chi connectivity index (χ1) is 8.58. The van der Waals surface area contributed by atoms with E-state index >= 15 is 0 Å². The summed E-state index contributed by atoms with van der Waals surface area (Å²) in [6.45, 7) is 2.00. The Morgan fingerprint density at radius 3 is 2.83 bits per heavy atom. The third kappa shape index (κ3) is 2.83. The lowest BCUT2D eigenvalue weighted by Gasteiger charge is -2.09. The summed E-state index contributed by atoms with van der Waals surface area (Å²) in [6, 6.07) is 7.41. The average Bonchev–Trinajstić information content (AvgIpc) is 2.33. The molecule has 0 aliphatic carbocycles. The van der Waals surface area contributed by atoms with Gasteiger partial charge in [0, 0.05) is 0 Å². The molecule has 2 rings (SSSR count). The number of benzene rings is 1. The monoisotopic (exact) mass is 323 g/mol. The topological polar surface area (TPSA) is 61.0 Å². The number of halogens is 1. The summed E-state index contributed by atoms with van der Waals surface area (Å²) in [7, 11) is 0. The van der Waals surface area contributed by atoms with E-state index in [1.54, 1.807) is 6.07 Å². The van der Waals surface area contributed by atoms with Crippen LogP contribution in [0.1, 0.15) is 11.1 Å². The summed E-state index contributed by atoms with van der Waals surface area (Å²) >= 11 is 8.37. The lowest BCUT2D eigenvalue weighted by Crippen LogP contribution is -2.12. The minimum atomic E-state index is 0.225. The van der Waals surface area contributed by atoms with Crippen molar-refractivity contribution in [1.29, 1.82) is 0 Å². The SMILES string of the molecule is Cc1ccc(Oc2nnccc2C(N)=S)c(Br)c1. The predicted molar refractivity (Wildman–Crippen MR) is 76.9 cm³/mol. The minimum Gasteiger partial charge on any atom is -0.436 e. The molecule has 2 N–H and O–H groups in total. The van der Waals surface area contributed by atoms with E-state index < -0.39 is 0 Å². The Bertz CT molecular complexity index is 604. The van der Waals surface area contributed by atoms with Gasteiger partial charge in [-0.25, -0.2) is 0 Å². The Hall–Kier alpha value is -1.53. The standard InChI is InChI=1S/C12H10BrN3OS/c1-7-2-3-10(9(13)6-7)17-12-8(11(14)18)4-5-15-16-12/h2-6H,1H3,(H2,14,18). The van der Waals surface area contributed by atoms with Gasteiger partial charge in [0.1, 0.15) is 10.7 Å². The van der Waals surface area contributed by atoms with Gasteiger partial charge in [-0.2, -0.15) is 5.10 Å². The van der Waals surface area contributed by atoms with Gasteiger partial charge in [-0.3, -0.25) is 0 Å². The van der Waals surface area contributed by atoms with Crippen molar-refractivity contribution in [2.75, 3.05) is 0 Å². The second-order valence-corrected chi connectivity index (χ2v) is 4.94. The fraction of sp³-hybridized carbons (Fsp3) is 0.0833. The molecular formula is C12H10BrN3OS. The maximum atomic E-state index is 5.67. The van der Waals surface area contributed by atoms with Gasteiger partial charge >= 0.3 is 0 Å². The van der Waals surface area contributed by atoms with E-state index in [2.05, 4.69) is 26.1 Å². The van der Waals surface area contributed by atoms with Gasteiger partial charge < -0.3 is 10.5 Å². The van der Waals surface area contributed by atoms with Gasteiger partial charge in [0.25, 0.3) is 0 Å². The number of hydrogen-bond acceptors (Lipinski definition) is 4. The van der Waals surface area contributed by atoms with E-state index in [1.165, 1.54) is 6.20 Å². The number of thiocarbonyl (C=S) groups is 1. The van der Waals surface area contributed by atoms with E-state index in [9.17, 15) is 0 Å². The molecule has 18 heavy (non-hydrogen) atoms. The molecule has 0 radical (unpaired) electrons. The molecule has 1 heterocycles. The molecule has 0 atom stereocenters. The van der Waals surface area contributed by atoms with Gasteiger partial charge in [-0.1, -0.05) is 18.3 Å². The fourth-order valence-electron chi connectivity index (χ4n) is 1.37. The second-order valence-electron chi connectivity index (χ2n) is 3.65. The summed E-state index contributed by atoms with van der Waals surface area (Å²) in [4.78, 5) is 0.225. The Labute approximate surface area is 118 Å². The Kier molecular flexibility index (Phi) is 3.88. The Morgan fingerprint density at radius 1 is 1.39 bits per heavy atom. The van der Waals surface area contributed by atoms with Crippen molar-refractivity contribution in [3.63, 3.8) is 0 Å². The summed E-state index contributed by atoms with van der Waals surface area (Å²) in [5, 5.41) is 7.66. The van der Waals surface area contributed by atoms with Crippen LogP contribution in [-0.2, 0) is 0 Å². The van der Waals surface area contributed by atoms with Crippen LogP contribution in [0.25, 0.3) is 0 Å². The van der Waals surface area contributed by atoms with Crippen molar-refractivity contribution in [2.45, 2.75) is 6.92 Å². The molecule has 2 aromatic rings. The number of nitrogens with zero attached hydrogens (tertiary/aromatic N) is 2. The van der Waals surface area contributed by atoms with Crippen molar-refractivity contribution < 1.29 is 4.74 Å². The zero-order valence-corrected chi connectivity index (χ0v) is 12.0. The first kappa shape index (κ1) is 12.9. The second kappa shape index (κ2) is 5.41. The number of aryl methyl sites for hydroxylation is 1. The molecule has 0 fully saturated rings. The maximum Gasteiger partial charge on any atom is 0.249 e. The quantitative estimate of drug-likeness (QED) is 0.880. The van der Waals surface area contributed by atoms with Gasteiger partial charge in [-0.05, 0) is 46.6 Å². The van der Waals surface area contributed by atoms with Crippen molar-refractivity contribution in [3.05, 3.63) is 46.1 Å². The van der Waals surface area contributed by atoms with E-state index in [1.807, 2.05) is 25.1 Å². The molecule has 0 aliphatic heterocycles. The lowest BCUT2D eigenvalue weighted by atomic mass is 10.2. The number of aromatic nitrogens is 2. The first-order valence-electron chi connectivity index (χ1n) is 5.13. The van der Waals surface area contributed by atoms with Gasteiger partial charge in [0.15, 0.2) is 0 Å². The number of rotatable bonds is 3. The zero-order valence-electron chi connectivity index (χ0n) is 9.55. The van der Waals surface area contributed by atoms with Crippen LogP contribution in [0.15, 0.2) is 34.9 Å². The largest absolute Gasteiger partial charge is 0.436 e. The molecule has 0 saturated carbocycles. The number of hydrogen-bond donors (Lipinski definition) is 1. The summed E-state index contributed by atoms with van der Waals surface area (Å²) < 4.78 is 6.50. The normalized spacial score (nSPS) is 10.1. The highest BCUT2D eigenvalue weighted by atomic mass is 79.9. The number of nitrogens with two attached hydrogens (primary N) is 1. The molecule has 0 saturated heterocycles. The van der Waals surface area contributed by atoms with Gasteiger partial charge in [0.05, 0.1) is 16.2 Å². The Morgan fingerprint density at radius 2 is 2.17 bits per heavy atom. The highest BCUT2D eigenvalue weighted by molar-refractivity contribution is 9.10. The molecule has 1 aromatic heterocycles. The highest BCUT2D eigenvalue weighted by Gasteiger charge is 2.11. The van der Waals surface area contributed by atoms with E-state index in [4.69, 9.17) is 22.7 Å². The minimum absolute atomic E-state index is 0.225. The van der Waals surface area contributed by atoms with Crippen molar-refractivity contribution in [1.82, 2.24) is 10.2 Å². The van der Waals surface area contributed by atoms with E-state index in [0.29, 0.717) is 17.2 Å². The smallest absolute Gasteiger partial charge is 0.249 e. The van der Waals surface area contributed by atoms with Crippen LogP contribution in [-0.4, -0.2) is 15.2 Å². The van der Waals surface area contributed by atoms with Gasteiger partial charge in [0.2, 0.25) is 5.88 Å².